The summed E-state index contributed by atoms with van der Waals surface area (Å²) in [6.07, 6.45) is -0.376. The van der Waals surface area contributed by atoms with E-state index < -0.39 is 6.09 Å². The fraction of sp³-hybridized carbons (Fsp3) is 0.400. The van der Waals surface area contributed by atoms with Crippen LogP contribution >= 0.6 is 23.2 Å². The van der Waals surface area contributed by atoms with E-state index in [9.17, 15) is 24.3 Å². The van der Waals surface area contributed by atoms with Gasteiger partial charge in [-0.3, -0.25) is 19.4 Å². The normalized spacial score (nSPS) is 16.6. The van der Waals surface area contributed by atoms with Gasteiger partial charge in [-0.15, -0.1) is 0 Å². The maximum Gasteiger partial charge on any atom is 0.404 e. The number of carboxylic acid groups (broad SMARTS) is 1. The standard InChI is InChI=1S/C25H27Cl2N5O5/c1-13-18(10-28-25(36)37)22(17-4-3-15(26)9-19(17)27)23-20(29-13)12-32(24(23)35)8-6-21(34)31-7-5-16(11-31)30-14(2)33/h3-4,9,16,28H,5-8,10-12H2,1-2H3,(H,30,33)(H,36,37)/t16-/m0/s1. The van der Waals surface area contributed by atoms with Gasteiger partial charge in [-0.1, -0.05) is 29.3 Å². The van der Waals surface area contributed by atoms with Crippen molar-refractivity contribution in [3.05, 3.63) is 50.8 Å². The molecule has 0 aliphatic carbocycles. The highest BCUT2D eigenvalue weighted by Crippen LogP contribution is 2.40. The van der Waals surface area contributed by atoms with Crippen molar-refractivity contribution in [3.8, 4) is 11.1 Å². The quantitative estimate of drug-likeness (QED) is 0.487. The molecule has 3 heterocycles. The molecule has 37 heavy (non-hydrogen) atoms. The molecule has 0 bridgehead atoms. The van der Waals surface area contributed by atoms with Gasteiger partial charge in [0.15, 0.2) is 0 Å². The Balaban J connectivity index is 1.58. The number of aromatic nitrogens is 1. The van der Waals surface area contributed by atoms with Crippen LogP contribution < -0.4 is 10.6 Å². The summed E-state index contributed by atoms with van der Waals surface area (Å²) in [5.41, 5.74) is 3.05. The average molecular weight is 548 g/mol. The van der Waals surface area contributed by atoms with Crippen LogP contribution in [-0.2, 0) is 22.7 Å². The minimum absolute atomic E-state index is 0.0594. The number of aryl methyl sites for hydroxylation is 1. The largest absolute Gasteiger partial charge is 0.465 e. The van der Waals surface area contributed by atoms with Crippen molar-refractivity contribution in [3.63, 3.8) is 0 Å². The van der Waals surface area contributed by atoms with Crippen molar-refractivity contribution in [2.24, 2.45) is 0 Å². The zero-order valence-electron chi connectivity index (χ0n) is 20.4. The molecule has 1 aromatic carbocycles. The molecule has 10 nitrogen and oxygen atoms in total. The minimum Gasteiger partial charge on any atom is -0.465 e. The summed E-state index contributed by atoms with van der Waals surface area (Å²) in [6.45, 7) is 4.57. The van der Waals surface area contributed by atoms with Gasteiger partial charge >= 0.3 is 6.09 Å². The van der Waals surface area contributed by atoms with Crippen LogP contribution in [0.5, 0.6) is 0 Å². The van der Waals surface area contributed by atoms with Gasteiger partial charge in [-0.05, 0) is 25.5 Å². The van der Waals surface area contributed by atoms with Crippen LogP contribution in [0.4, 0.5) is 4.79 Å². The molecule has 1 aromatic heterocycles. The second kappa shape index (κ2) is 10.9. The molecule has 3 N–H and O–H groups in total. The highest BCUT2D eigenvalue weighted by atomic mass is 35.5. The van der Waals surface area contributed by atoms with E-state index in [1.165, 1.54) is 6.92 Å². The van der Waals surface area contributed by atoms with Gasteiger partial charge in [0.2, 0.25) is 11.8 Å². The third kappa shape index (κ3) is 5.80. The van der Waals surface area contributed by atoms with Crippen LogP contribution in [0, 0.1) is 6.92 Å². The minimum atomic E-state index is -1.21. The van der Waals surface area contributed by atoms with E-state index >= 15 is 0 Å². The molecule has 4 amide bonds. The average Bonchev–Trinajstić information content (AvgIpc) is 3.40. The zero-order valence-corrected chi connectivity index (χ0v) is 21.9. The van der Waals surface area contributed by atoms with E-state index in [1.807, 2.05) is 0 Å². The molecule has 4 rings (SSSR count). The summed E-state index contributed by atoms with van der Waals surface area (Å²) in [6, 6.07) is 4.85. The second-order valence-corrected chi connectivity index (χ2v) is 10.0. The Labute approximate surface area is 223 Å². The Morgan fingerprint density at radius 2 is 1.97 bits per heavy atom. The summed E-state index contributed by atoms with van der Waals surface area (Å²) < 4.78 is 0. The topological polar surface area (TPSA) is 132 Å². The predicted octanol–water partition coefficient (Wildman–Crippen LogP) is 3.21. The van der Waals surface area contributed by atoms with Gasteiger partial charge in [0.05, 0.1) is 17.8 Å². The van der Waals surface area contributed by atoms with E-state index in [1.54, 1.807) is 34.9 Å². The number of fused-ring (bicyclic) bond motifs is 1. The smallest absolute Gasteiger partial charge is 0.404 e. The number of benzene rings is 1. The first-order valence-electron chi connectivity index (χ1n) is 11.8. The lowest BCUT2D eigenvalue weighted by Gasteiger charge is -2.20. The van der Waals surface area contributed by atoms with E-state index in [0.29, 0.717) is 63.2 Å². The monoisotopic (exact) mass is 547 g/mol. The van der Waals surface area contributed by atoms with Crippen molar-refractivity contribution in [1.29, 1.82) is 0 Å². The number of rotatable bonds is 7. The molecular formula is C25H27Cl2N5O5. The lowest BCUT2D eigenvalue weighted by molar-refractivity contribution is -0.130. The third-order valence-electron chi connectivity index (χ3n) is 6.58. The Bertz CT molecular complexity index is 1280. The van der Waals surface area contributed by atoms with Crippen LogP contribution in [0.2, 0.25) is 10.0 Å². The van der Waals surface area contributed by atoms with Crippen LogP contribution in [0.3, 0.4) is 0 Å². The van der Waals surface area contributed by atoms with Crippen molar-refractivity contribution in [1.82, 2.24) is 25.4 Å². The molecule has 2 aliphatic heterocycles. The summed E-state index contributed by atoms with van der Waals surface area (Å²) >= 11 is 12.6. The Kier molecular flexibility index (Phi) is 7.89. The first kappa shape index (κ1) is 26.7. The van der Waals surface area contributed by atoms with Gasteiger partial charge in [0, 0.05) is 78.0 Å². The summed E-state index contributed by atoms with van der Waals surface area (Å²) in [5.74, 6) is -0.518. The Hall–Kier alpha value is -3.37. The van der Waals surface area contributed by atoms with Crippen molar-refractivity contribution >= 4 is 47.0 Å². The molecular weight excluding hydrogens is 521 g/mol. The highest BCUT2D eigenvalue weighted by molar-refractivity contribution is 6.36. The second-order valence-electron chi connectivity index (χ2n) is 9.16. The number of amides is 4. The van der Waals surface area contributed by atoms with E-state index in [2.05, 4.69) is 15.6 Å². The number of nitrogens with one attached hydrogen (secondary N) is 2. The summed E-state index contributed by atoms with van der Waals surface area (Å²) in [5, 5.41) is 15.1. The van der Waals surface area contributed by atoms with Crippen LogP contribution in [0.25, 0.3) is 11.1 Å². The fourth-order valence-electron chi connectivity index (χ4n) is 4.89. The summed E-state index contributed by atoms with van der Waals surface area (Å²) in [7, 11) is 0. The van der Waals surface area contributed by atoms with Crippen molar-refractivity contribution in [2.45, 2.75) is 45.8 Å². The van der Waals surface area contributed by atoms with E-state index in [0.717, 1.165) is 0 Å². The zero-order chi connectivity index (χ0) is 26.9. The van der Waals surface area contributed by atoms with E-state index in [4.69, 9.17) is 23.2 Å². The number of nitrogens with zero attached hydrogens (tertiary/aromatic N) is 3. The molecule has 2 aliphatic rings. The molecule has 0 unspecified atom stereocenters. The first-order valence-corrected chi connectivity index (χ1v) is 12.6. The lowest BCUT2D eigenvalue weighted by atomic mass is 9.92. The SMILES string of the molecule is CC(=O)N[C@H]1CCN(C(=O)CCN2Cc3nc(C)c(CNC(=O)O)c(-c4ccc(Cl)cc4Cl)c3C2=O)C1. The van der Waals surface area contributed by atoms with Crippen LogP contribution in [-0.4, -0.2) is 69.4 Å². The molecule has 1 saturated heterocycles. The number of carbonyl (C=O) groups excluding carboxylic acids is 3. The Morgan fingerprint density at radius 3 is 2.65 bits per heavy atom. The predicted molar refractivity (Wildman–Crippen MR) is 137 cm³/mol. The lowest BCUT2D eigenvalue weighted by Crippen LogP contribution is -2.38. The molecule has 12 heteroatoms. The number of carbonyl (C=O) groups is 4. The molecule has 196 valence electrons. The Morgan fingerprint density at radius 1 is 1.22 bits per heavy atom. The maximum atomic E-state index is 13.6. The maximum absolute atomic E-state index is 13.6. The number of likely N-dealkylation sites (tertiary alicyclic amines) is 1. The van der Waals surface area contributed by atoms with E-state index in [-0.39, 0.29) is 49.8 Å². The number of pyridine rings is 1. The van der Waals surface area contributed by atoms with Crippen molar-refractivity contribution in [2.75, 3.05) is 19.6 Å². The molecule has 0 saturated carbocycles. The molecule has 0 radical (unpaired) electrons. The number of halogens is 2. The van der Waals surface area contributed by atoms with Crippen molar-refractivity contribution < 1.29 is 24.3 Å². The van der Waals surface area contributed by atoms with Gasteiger partial charge < -0.3 is 25.5 Å². The van der Waals surface area contributed by atoms with Gasteiger partial charge in [-0.2, -0.15) is 0 Å². The van der Waals surface area contributed by atoms with Crippen LogP contribution in [0.1, 0.15) is 47.1 Å². The van der Waals surface area contributed by atoms with Gasteiger partial charge in [0.1, 0.15) is 0 Å². The number of hydrogen-bond acceptors (Lipinski definition) is 5. The molecule has 0 spiro atoms. The molecule has 1 atom stereocenters. The molecule has 2 aromatic rings. The van der Waals surface area contributed by atoms with Gasteiger partial charge in [0.25, 0.3) is 5.91 Å². The number of hydrogen-bond donors (Lipinski definition) is 3. The van der Waals surface area contributed by atoms with Gasteiger partial charge in [-0.25, -0.2) is 4.79 Å². The van der Waals surface area contributed by atoms with Crippen LogP contribution in [0.15, 0.2) is 18.2 Å². The first-order chi connectivity index (χ1) is 17.5. The third-order valence-corrected chi connectivity index (χ3v) is 7.13. The fourth-order valence-corrected chi connectivity index (χ4v) is 5.39. The molecule has 1 fully saturated rings. The summed E-state index contributed by atoms with van der Waals surface area (Å²) in [4.78, 5) is 56.8. The highest BCUT2D eigenvalue weighted by Gasteiger charge is 2.35.